The van der Waals surface area contributed by atoms with Crippen LogP contribution in [0.25, 0.3) is 0 Å². The normalized spacial score (nSPS) is 15.7. The Morgan fingerprint density at radius 3 is 2.66 bits per heavy atom. The number of esters is 1. The Balaban J connectivity index is 1.39. The van der Waals surface area contributed by atoms with Crippen molar-refractivity contribution in [1.29, 1.82) is 0 Å². The van der Waals surface area contributed by atoms with Crippen LogP contribution in [0.15, 0.2) is 29.2 Å². The molecule has 4 N–H and O–H groups in total. The van der Waals surface area contributed by atoms with E-state index in [1.165, 1.54) is 36.3 Å². The van der Waals surface area contributed by atoms with Crippen LogP contribution in [0.5, 0.6) is 0 Å². The van der Waals surface area contributed by atoms with E-state index in [1.54, 1.807) is 26.0 Å². The van der Waals surface area contributed by atoms with Gasteiger partial charge in [-0.05, 0) is 50.3 Å². The highest BCUT2D eigenvalue weighted by atomic mass is 32.2. The summed E-state index contributed by atoms with van der Waals surface area (Å²) in [7, 11) is -3.74. The van der Waals surface area contributed by atoms with Crippen LogP contribution in [0.4, 0.5) is 16.9 Å². The van der Waals surface area contributed by atoms with Crippen LogP contribution in [0.2, 0.25) is 0 Å². The quantitative estimate of drug-likeness (QED) is 0.317. The molecule has 1 saturated carbocycles. The average Bonchev–Trinajstić information content (AvgIpc) is 3.62. The summed E-state index contributed by atoms with van der Waals surface area (Å²) < 4.78 is 28.3. The van der Waals surface area contributed by atoms with Crippen LogP contribution in [0, 0.1) is 12.8 Å². The number of fused-ring (bicyclic) bond motifs is 1. The molecule has 3 heterocycles. The summed E-state index contributed by atoms with van der Waals surface area (Å²) in [4.78, 5) is 29.2. The summed E-state index contributed by atoms with van der Waals surface area (Å²) in [6.45, 7) is 7.07. The molecule has 0 unspecified atom stereocenters. The number of primary sulfonamides is 1. The summed E-state index contributed by atoms with van der Waals surface area (Å²) >= 11 is 1.21. The molecule has 0 radical (unpaired) electrons. The molecule has 5 rings (SSSR count). The van der Waals surface area contributed by atoms with Crippen molar-refractivity contribution in [3.8, 4) is 0 Å². The van der Waals surface area contributed by atoms with Gasteiger partial charge in [0.2, 0.25) is 16.0 Å². The van der Waals surface area contributed by atoms with Crippen molar-refractivity contribution in [2.75, 3.05) is 30.3 Å². The maximum absolute atomic E-state index is 12.2. The molecule has 1 aliphatic heterocycles. The Hall–Kier alpha value is -3.13. The standard InChI is InChI=1S/C25H31N7O4S2/c1-3-36-23(33)21-15(2)28-25(37-21)31-24-29-20-10-11-32(13-17-4-5-17)14-19(20)22(30-24)27-12-16-6-8-18(9-7-16)38(26,34)35/h6-9,17H,3-5,10-14H2,1-2H3,(H2,26,34,35)(H2,27,28,29,30,31). The molecule has 38 heavy (non-hydrogen) atoms. The van der Waals surface area contributed by atoms with Gasteiger partial charge in [0.25, 0.3) is 0 Å². The summed E-state index contributed by atoms with van der Waals surface area (Å²) in [5.74, 6) is 1.51. The number of aryl methyl sites for hydroxylation is 1. The van der Waals surface area contributed by atoms with Crippen LogP contribution >= 0.6 is 11.3 Å². The molecule has 1 fully saturated rings. The fourth-order valence-corrected chi connectivity index (χ4v) is 5.78. The molecule has 11 nitrogen and oxygen atoms in total. The lowest BCUT2D eigenvalue weighted by Crippen LogP contribution is -2.33. The van der Waals surface area contributed by atoms with E-state index in [1.807, 2.05) is 0 Å². The number of anilines is 3. The highest BCUT2D eigenvalue weighted by Gasteiger charge is 2.29. The molecular formula is C25H31N7O4S2. The van der Waals surface area contributed by atoms with Crippen LogP contribution in [0.1, 0.15) is 52.0 Å². The molecule has 13 heteroatoms. The number of hydrogen-bond donors (Lipinski definition) is 3. The third-order valence-corrected chi connectivity index (χ3v) is 8.52. The second-order valence-electron chi connectivity index (χ2n) is 9.57. The van der Waals surface area contributed by atoms with E-state index in [0.717, 1.165) is 48.8 Å². The zero-order valence-corrected chi connectivity index (χ0v) is 23.0. The number of carbonyl (C=O) groups excluding carboxylic acids is 1. The number of nitrogens with zero attached hydrogens (tertiary/aromatic N) is 4. The molecule has 2 aliphatic rings. The number of ether oxygens (including phenoxy) is 1. The Kier molecular flexibility index (Phi) is 7.61. The third-order valence-electron chi connectivity index (χ3n) is 6.54. The molecule has 3 aromatic rings. The van der Waals surface area contributed by atoms with Gasteiger partial charge in [0.1, 0.15) is 10.7 Å². The molecule has 0 atom stereocenters. The number of nitrogens with one attached hydrogen (secondary N) is 2. The molecule has 0 saturated heterocycles. The van der Waals surface area contributed by atoms with Crippen molar-refractivity contribution in [2.45, 2.75) is 51.1 Å². The minimum absolute atomic E-state index is 0.0730. The van der Waals surface area contributed by atoms with E-state index in [0.29, 0.717) is 40.6 Å². The fourth-order valence-electron chi connectivity index (χ4n) is 4.41. The molecular weight excluding hydrogens is 526 g/mol. The molecule has 0 amide bonds. The summed E-state index contributed by atoms with van der Waals surface area (Å²) in [5, 5.41) is 12.3. The summed E-state index contributed by atoms with van der Waals surface area (Å²) in [6, 6.07) is 6.46. The van der Waals surface area contributed by atoms with Gasteiger partial charge in [0.15, 0.2) is 5.13 Å². The molecule has 1 aliphatic carbocycles. The SMILES string of the molecule is CCOC(=O)c1sc(Nc2nc3c(c(NCc4ccc(S(N)(=O)=O)cc4)n2)CN(CC2CC2)CC3)nc1C. The lowest BCUT2D eigenvalue weighted by atomic mass is 10.1. The molecule has 1 aromatic carbocycles. The van der Waals surface area contributed by atoms with Gasteiger partial charge in [-0.2, -0.15) is 4.98 Å². The van der Waals surface area contributed by atoms with Crippen LogP contribution in [-0.2, 0) is 34.3 Å². The number of hydrogen-bond acceptors (Lipinski definition) is 11. The van der Waals surface area contributed by atoms with Gasteiger partial charge in [-0.1, -0.05) is 23.5 Å². The monoisotopic (exact) mass is 557 g/mol. The van der Waals surface area contributed by atoms with E-state index in [4.69, 9.17) is 19.8 Å². The van der Waals surface area contributed by atoms with Gasteiger partial charge >= 0.3 is 5.97 Å². The number of aromatic nitrogens is 3. The Morgan fingerprint density at radius 2 is 1.97 bits per heavy atom. The topological polar surface area (TPSA) is 152 Å². The van der Waals surface area contributed by atoms with Crippen LogP contribution in [-0.4, -0.2) is 53.9 Å². The van der Waals surface area contributed by atoms with Gasteiger partial charge in [-0.15, -0.1) is 0 Å². The van der Waals surface area contributed by atoms with Crippen molar-refractivity contribution in [3.05, 3.63) is 51.7 Å². The first-order chi connectivity index (χ1) is 18.2. The lowest BCUT2D eigenvalue weighted by Gasteiger charge is -2.29. The lowest BCUT2D eigenvalue weighted by molar-refractivity contribution is 0.0531. The van der Waals surface area contributed by atoms with Crippen molar-refractivity contribution in [1.82, 2.24) is 19.9 Å². The number of rotatable bonds is 10. The van der Waals surface area contributed by atoms with Crippen molar-refractivity contribution in [2.24, 2.45) is 11.1 Å². The smallest absolute Gasteiger partial charge is 0.350 e. The highest BCUT2D eigenvalue weighted by molar-refractivity contribution is 7.89. The van der Waals surface area contributed by atoms with Crippen LogP contribution < -0.4 is 15.8 Å². The summed E-state index contributed by atoms with van der Waals surface area (Å²) in [6.07, 6.45) is 3.40. The van der Waals surface area contributed by atoms with Gasteiger partial charge in [-0.3, -0.25) is 10.2 Å². The average molecular weight is 558 g/mol. The Labute approximate surface area is 225 Å². The Morgan fingerprint density at radius 1 is 1.21 bits per heavy atom. The molecule has 0 bridgehead atoms. The second kappa shape index (κ2) is 10.9. The van der Waals surface area contributed by atoms with E-state index < -0.39 is 16.0 Å². The largest absolute Gasteiger partial charge is 0.462 e. The molecule has 202 valence electrons. The second-order valence-corrected chi connectivity index (χ2v) is 12.1. The Bertz CT molecular complexity index is 1440. The highest BCUT2D eigenvalue weighted by Crippen LogP contribution is 2.33. The zero-order valence-electron chi connectivity index (χ0n) is 21.4. The van der Waals surface area contributed by atoms with E-state index in [9.17, 15) is 13.2 Å². The number of nitrogens with two attached hydrogens (primary N) is 1. The predicted molar refractivity (Wildman–Crippen MR) is 145 cm³/mol. The number of carbonyl (C=O) groups is 1. The first kappa shape index (κ1) is 26.5. The fraction of sp³-hybridized carbons (Fsp3) is 0.440. The van der Waals surface area contributed by atoms with Gasteiger partial charge in [-0.25, -0.2) is 28.3 Å². The first-order valence-corrected chi connectivity index (χ1v) is 14.9. The van der Waals surface area contributed by atoms with Gasteiger partial charge in [0, 0.05) is 38.2 Å². The number of thiazole rings is 1. The number of benzene rings is 1. The van der Waals surface area contributed by atoms with Crippen molar-refractivity contribution >= 4 is 44.2 Å². The molecule has 2 aromatic heterocycles. The minimum Gasteiger partial charge on any atom is -0.462 e. The molecule has 0 spiro atoms. The maximum atomic E-state index is 12.2. The third kappa shape index (κ3) is 6.29. The minimum atomic E-state index is -3.74. The zero-order chi connectivity index (χ0) is 26.9. The van der Waals surface area contributed by atoms with Crippen LogP contribution in [0.3, 0.4) is 0 Å². The maximum Gasteiger partial charge on any atom is 0.350 e. The van der Waals surface area contributed by atoms with Crippen molar-refractivity contribution < 1.29 is 17.9 Å². The van der Waals surface area contributed by atoms with E-state index >= 15 is 0 Å². The predicted octanol–water partition coefficient (Wildman–Crippen LogP) is 3.19. The van der Waals surface area contributed by atoms with E-state index in [2.05, 4.69) is 20.5 Å². The number of sulfonamides is 1. The van der Waals surface area contributed by atoms with Gasteiger partial charge < -0.3 is 10.1 Å². The van der Waals surface area contributed by atoms with Gasteiger partial charge in [0.05, 0.1) is 22.9 Å². The summed E-state index contributed by atoms with van der Waals surface area (Å²) in [5.41, 5.74) is 3.51. The van der Waals surface area contributed by atoms with Crippen molar-refractivity contribution in [3.63, 3.8) is 0 Å². The first-order valence-electron chi connectivity index (χ1n) is 12.6. The van der Waals surface area contributed by atoms with E-state index in [-0.39, 0.29) is 4.90 Å².